The molecule has 0 amide bonds. The van der Waals surface area contributed by atoms with Crippen LogP contribution in [-0.4, -0.2) is 22.8 Å². The van der Waals surface area contributed by atoms with Gasteiger partial charge in [-0.2, -0.15) is 0 Å². The molecule has 1 rings (SSSR count). The molecular formula is C14H16O4. The molecule has 0 saturated carbocycles. The van der Waals surface area contributed by atoms with Crippen molar-refractivity contribution >= 4 is 23.3 Å². The fourth-order valence-corrected chi connectivity index (χ4v) is 0.927. The fourth-order valence-electron chi connectivity index (χ4n) is 0.927. The second kappa shape index (κ2) is 8.90. The van der Waals surface area contributed by atoms with E-state index in [2.05, 4.69) is 0 Å². The fraction of sp³-hybridized carbons (Fsp3) is 0.286. The minimum atomic E-state index is -1.29. The van der Waals surface area contributed by atoms with Gasteiger partial charge >= 0.3 is 5.97 Å². The van der Waals surface area contributed by atoms with Gasteiger partial charge in [-0.1, -0.05) is 30.3 Å². The largest absolute Gasteiger partial charge is 0.481 e. The number of carboxylic acids is 1. The lowest BCUT2D eigenvalue weighted by molar-refractivity contribution is -0.138. The number of carbonyl (C=O) groups excluding carboxylic acids is 2. The summed E-state index contributed by atoms with van der Waals surface area (Å²) in [6.45, 7) is 2.97. The molecule has 0 aliphatic rings. The maximum absolute atomic E-state index is 10.2. The van der Waals surface area contributed by atoms with E-state index in [0.717, 1.165) is 5.56 Å². The Morgan fingerprint density at radius 2 is 1.94 bits per heavy atom. The van der Waals surface area contributed by atoms with E-state index in [1.807, 2.05) is 0 Å². The molecule has 96 valence electrons. The molecule has 1 N–H and O–H groups in total. The van der Waals surface area contributed by atoms with Crippen LogP contribution in [0.1, 0.15) is 35.0 Å². The summed E-state index contributed by atoms with van der Waals surface area (Å²) in [6, 6.07) is 7.23. The maximum Gasteiger partial charge on any atom is 0.303 e. The Balaban J connectivity index is 0.000000370. The average molecular weight is 252 g/mol. The van der Waals surface area contributed by atoms with E-state index >= 15 is 0 Å². The standard InChI is InChI=1S/C9H8O.C5H8O3/c1-8(7-10)9-5-3-2-4-6-9;1-4(6)2-3-5(7)8/h2-6H,1H3;2-3H2,1H3,(H,7,8)/i2T;3T. The van der Waals surface area contributed by atoms with Crippen LogP contribution in [0.3, 0.4) is 0 Å². The van der Waals surface area contributed by atoms with Crippen LogP contribution in [0.5, 0.6) is 0 Å². The quantitative estimate of drug-likeness (QED) is 0.835. The molecule has 1 aromatic carbocycles. The Kier molecular flexibility index (Phi) is 6.07. The van der Waals surface area contributed by atoms with Gasteiger partial charge in [-0.25, -0.2) is 4.79 Å². The lowest BCUT2D eigenvalue weighted by Crippen LogP contribution is -1.98. The normalized spacial score (nSPS) is 11.9. The molecule has 1 atom stereocenters. The van der Waals surface area contributed by atoms with E-state index in [4.69, 9.17) is 7.85 Å². The lowest BCUT2D eigenvalue weighted by Gasteiger charge is -1.92. The average Bonchev–Trinajstić information content (AvgIpc) is 2.38. The summed E-state index contributed by atoms with van der Waals surface area (Å²) in [7, 11) is 0. The predicted octanol–water partition coefficient (Wildman–Crippen LogP) is 2.36. The summed E-state index contributed by atoms with van der Waals surface area (Å²) in [5.41, 5.74) is 1.40. The molecular weight excluding hydrogens is 232 g/mol. The molecule has 0 aliphatic carbocycles. The van der Waals surface area contributed by atoms with Crippen LogP contribution in [0.25, 0.3) is 5.57 Å². The first-order valence-corrected chi connectivity index (χ1v) is 5.21. The number of carboxylic acid groups (broad SMARTS) is 1. The van der Waals surface area contributed by atoms with Gasteiger partial charge in [-0.3, -0.25) is 4.79 Å². The van der Waals surface area contributed by atoms with Crippen molar-refractivity contribution in [1.82, 2.24) is 0 Å². The van der Waals surface area contributed by atoms with Gasteiger partial charge in [0, 0.05) is 13.4 Å². The molecule has 0 radical (unpaired) electrons. The molecule has 0 spiro atoms. The van der Waals surface area contributed by atoms with Gasteiger partial charge in [0.1, 0.15) is 11.7 Å². The molecule has 4 nitrogen and oxygen atoms in total. The predicted molar refractivity (Wildman–Crippen MR) is 68.8 cm³/mol. The van der Waals surface area contributed by atoms with Crippen molar-refractivity contribution in [3.05, 3.63) is 35.9 Å². The van der Waals surface area contributed by atoms with E-state index in [0.29, 0.717) is 11.6 Å². The SMILES string of the molecule is [3H]C(CC(C)=O)C(=O)O.[3H]c1ccc(C(C)=C=O)cc1. The van der Waals surface area contributed by atoms with Gasteiger partial charge < -0.3 is 9.90 Å². The van der Waals surface area contributed by atoms with Crippen molar-refractivity contribution in [2.75, 3.05) is 0 Å². The number of benzene rings is 1. The van der Waals surface area contributed by atoms with Gasteiger partial charge in [0.25, 0.3) is 0 Å². The number of Topliss-reactive ketones (excluding diaryl/α,β-unsaturated/α-hetero) is 1. The Bertz CT molecular complexity index is 516. The maximum atomic E-state index is 10.2. The Morgan fingerprint density at radius 3 is 2.28 bits per heavy atom. The van der Waals surface area contributed by atoms with Gasteiger partial charge in [0.2, 0.25) is 0 Å². The molecule has 0 aliphatic heterocycles. The summed E-state index contributed by atoms with van der Waals surface area (Å²) in [4.78, 5) is 30.3. The number of ketones is 1. The highest BCUT2D eigenvalue weighted by Crippen LogP contribution is 2.07. The van der Waals surface area contributed by atoms with Crippen molar-refractivity contribution in [2.45, 2.75) is 26.7 Å². The molecule has 1 unspecified atom stereocenters. The molecule has 18 heavy (non-hydrogen) atoms. The minimum absolute atomic E-state index is 0.199. The first kappa shape index (κ1) is 12.3. The molecule has 0 heterocycles. The third kappa shape index (κ3) is 8.02. The van der Waals surface area contributed by atoms with Crippen LogP contribution in [0.4, 0.5) is 0 Å². The molecule has 0 bridgehead atoms. The van der Waals surface area contributed by atoms with Crippen molar-refractivity contribution < 1.29 is 22.2 Å². The van der Waals surface area contributed by atoms with Crippen LogP contribution >= 0.6 is 0 Å². The summed E-state index contributed by atoms with van der Waals surface area (Å²) < 4.78 is 13.9. The number of allylic oxidation sites excluding steroid dienone is 1. The van der Waals surface area contributed by atoms with Crippen LogP contribution in [0.2, 0.25) is 0 Å². The zero-order valence-electron chi connectivity index (χ0n) is 12.3. The van der Waals surface area contributed by atoms with Crippen LogP contribution in [-0.2, 0) is 14.4 Å². The first-order valence-electron chi connectivity index (χ1n) is 6.29. The van der Waals surface area contributed by atoms with E-state index in [1.165, 1.54) is 6.92 Å². The number of carbonyl (C=O) groups is 2. The van der Waals surface area contributed by atoms with Crippen LogP contribution in [0, 0.1) is 0 Å². The van der Waals surface area contributed by atoms with E-state index in [1.54, 1.807) is 37.1 Å². The van der Waals surface area contributed by atoms with Crippen molar-refractivity contribution in [2.24, 2.45) is 0 Å². The smallest absolute Gasteiger partial charge is 0.303 e. The second-order valence-corrected chi connectivity index (χ2v) is 3.46. The van der Waals surface area contributed by atoms with Crippen molar-refractivity contribution in [3.63, 3.8) is 0 Å². The summed E-state index contributed by atoms with van der Waals surface area (Å²) in [6.07, 6.45) is -1.49. The highest BCUT2D eigenvalue weighted by Gasteiger charge is 1.97. The Hall–Kier alpha value is -2.19. The number of hydrogen-bond acceptors (Lipinski definition) is 3. The number of rotatable bonds is 4. The minimum Gasteiger partial charge on any atom is -0.481 e. The molecule has 4 heteroatoms. The number of hydrogen-bond donors (Lipinski definition) is 1. The molecule has 0 fully saturated rings. The molecule has 0 saturated heterocycles. The first-order chi connectivity index (χ1) is 9.27. The highest BCUT2D eigenvalue weighted by molar-refractivity contribution is 5.85. The van der Waals surface area contributed by atoms with Crippen LogP contribution < -0.4 is 0 Å². The zero-order chi connectivity index (χ0) is 15.7. The summed E-state index contributed by atoms with van der Waals surface area (Å²) in [5.74, 6) is 0.295. The second-order valence-electron chi connectivity index (χ2n) is 3.46. The van der Waals surface area contributed by atoms with Crippen LogP contribution in [0.15, 0.2) is 30.3 Å². The summed E-state index contributed by atoms with van der Waals surface area (Å²) in [5, 5.41) is 8.09. The van der Waals surface area contributed by atoms with E-state index in [-0.39, 0.29) is 12.2 Å². The van der Waals surface area contributed by atoms with Gasteiger partial charge in [0.15, 0.2) is 0 Å². The van der Waals surface area contributed by atoms with E-state index in [9.17, 15) is 14.4 Å². The van der Waals surface area contributed by atoms with Crippen molar-refractivity contribution in [3.8, 4) is 0 Å². The molecule has 0 aromatic heterocycles. The zero-order valence-corrected chi connectivity index (χ0v) is 10.3. The summed E-state index contributed by atoms with van der Waals surface area (Å²) >= 11 is 0. The third-order valence-electron chi connectivity index (χ3n) is 1.87. The van der Waals surface area contributed by atoms with E-state index < -0.39 is 12.4 Å². The van der Waals surface area contributed by atoms with Gasteiger partial charge in [0.05, 0.1) is 7.77 Å². The topological polar surface area (TPSA) is 71.4 Å². The third-order valence-corrected chi connectivity index (χ3v) is 1.87. The Labute approximate surface area is 109 Å². The van der Waals surface area contributed by atoms with Crippen molar-refractivity contribution in [1.29, 1.82) is 0 Å². The van der Waals surface area contributed by atoms with Gasteiger partial charge in [-0.05, 0) is 19.4 Å². The van der Waals surface area contributed by atoms with Gasteiger partial charge in [-0.15, -0.1) is 0 Å². The molecule has 1 aromatic rings. The lowest BCUT2D eigenvalue weighted by atomic mass is 10.1. The monoisotopic (exact) mass is 252 g/mol. The highest BCUT2D eigenvalue weighted by atomic mass is 16.4. The Morgan fingerprint density at radius 1 is 1.39 bits per heavy atom. The number of aliphatic carboxylic acids is 1.